The number of nitrogens with zero attached hydrogens (tertiary/aromatic N) is 3. The van der Waals surface area contributed by atoms with Crippen LogP contribution in [0.15, 0.2) is 73.1 Å². The summed E-state index contributed by atoms with van der Waals surface area (Å²) in [5.41, 5.74) is 2.21. The molecule has 0 fully saturated rings. The van der Waals surface area contributed by atoms with Crippen LogP contribution in [0.25, 0.3) is 10.6 Å². The molecule has 0 unspecified atom stereocenters. The first kappa shape index (κ1) is 31.4. The molecule has 43 heavy (non-hydrogen) atoms. The van der Waals surface area contributed by atoms with E-state index in [1.165, 1.54) is 11.3 Å². The first-order chi connectivity index (χ1) is 20.6. The topological polar surface area (TPSA) is 127 Å². The van der Waals surface area contributed by atoms with Crippen LogP contribution in [0.2, 0.25) is 0 Å². The van der Waals surface area contributed by atoms with Gasteiger partial charge in [0.25, 0.3) is 0 Å². The summed E-state index contributed by atoms with van der Waals surface area (Å²) in [7, 11) is 0. The number of aryl methyl sites for hydroxylation is 1. The second-order valence-corrected chi connectivity index (χ2v) is 12.1. The monoisotopic (exact) mass is 602 g/mol. The van der Waals surface area contributed by atoms with E-state index in [0.717, 1.165) is 33.1 Å². The molecular formula is C32H38N6O4S. The van der Waals surface area contributed by atoms with E-state index in [0.29, 0.717) is 31.0 Å². The number of carbonyl (C=O) groups is 2. The van der Waals surface area contributed by atoms with Crippen molar-refractivity contribution < 1.29 is 19.1 Å². The number of alkyl carbamates (subject to hydrolysis) is 2. The molecule has 2 amide bonds. The molecule has 0 aliphatic heterocycles. The number of hydrogen-bond donors (Lipinski definition) is 3. The first-order valence-electron chi connectivity index (χ1n) is 14.2. The van der Waals surface area contributed by atoms with Gasteiger partial charge in [0.2, 0.25) is 0 Å². The number of thiazole rings is 1. The number of rotatable bonds is 12. The third kappa shape index (κ3) is 10.7. The van der Waals surface area contributed by atoms with Gasteiger partial charge in [-0.1, -0.05) is 36.4 Å². The molecule has 0 saturated heterocycles. The van der Waals surface area contributed by atoms with Crippen molar-refractivity contribution in [2.45, 2.75) is 65.2 Å². The number of aromatic nitrogens is 3. The number of ether oxygens (including phenoxy) is 2. The number of pyridine rings is 2. The van der Waals surface area contributed by atoms with Gasteiger partial charge in [-0.2, -0.15) is 0 Å². The van der Waals surface area contributed by atoms with Crippen LogP contribution in [0.3, 0.4) is 0 Å². The highest BCUT2D eigenvalue weighted by Crippen LogP contribution is 2.31. The van der Waals surface area contributed by atoms with Crippen LogP contribution in [0, 0.1) is 6.92 Å². The van der Waals surface area contributed by atoms with E-state index < -0.39 is 17.8 Å². The highest BCUT2D eigenvalue weighted by atomic mass is 32.1. The Labute approximate surface area is 256 Å². The Hall–Kier alpha value is -4.51. The molecule has 3 heterocycles. The van der Waals surface area contributed by atoms with Gasteiger partial charge >= 0.3 is 12.2 Å². The van der Waals surface area contributed by atoms with E-state index in [2.05, 4.69) is 25.9 Å². The van der Waals surface area contributed by atoms with Crippen LogP contribution in [-0.2, 0) is 16.1 Å². The number of carbonyl (C=O) groups excluding carboxylic acids is 2. The molecule has 0 saturated carbocycles. The second-order valence-electron chi connectivity index (χ2n) is 11.0. The van der Waals surface area contributed by atoms with Crippen LogP contribution >= 0.6 is 11.3 Å². The zero-order valence-corrected chi connectivity index (χ0v) is 25.7. The fourth-order valence-corrected chi connectivity index (χ4v) is 5.06. The second kappa shape index (κ2) is 15.1. The fraction of sp³-hybridized carbons (Fsp3) is 0.344. The Bertz CT molecular complexity index is 1490. The number of amides is 2. The fourth-order valence-electron chi connectivity index (χ4n) is 4.09. The van der Waals surface area contributed by atoms with Gasteiger partial charge in [-0.15, -0.1) is 11.3 Å². The maximum absolute atomic E-state index is 12.8. The lowest BCUT2D eigenvalue weighted by Gasteiger charge is -2.20. The van der Waals surface area contributed by atoms with Gasteiger partial charge in [0.05, 0.1) is 16.6 Å². The molecule has 0 bridgehead atoms. The first-order valence-corrected chi connectivity index (χ1v) is 15.0. The Morgan fingerprint density at radius 2 is 1.77 bits per heavy atom. The maximum atomic E-state index is 12.8. The van der Waals surface area contributed by atoms with Crippen molar-refractivity contribution in [3.8, 4) is 10.6 Å². The summed E-state index contributed by atoms with van der Waals surface area (Å²) in [4.78, 5) is 39.3. The van der Waals surface area contributed by atoms with Crippen molar-refractivity contribution in [2.24, 2.45) is 0 Å². The van der Waals surface area contributed by atoms with E-state index >= 15 is 0 Å². The molecule has 1 aromatic carbocycles. The zero-order chi connectivity index (χ0) is 30.7. The molecular weight excluding hydrogens is 564 g/mol. The van der Waals surface area contributed by atoms with Gasteiger partial charge in [-0.3, -0.25) is 0 Å². The van der Waals surface area contributed by atoms with Crippen molar-refractivity contribution in [2.75, 3.05) is 11.9 Å². The largest absolute Gasteiger partial charge is 0.445 e. The summed E-state index contributed by atoms with van der Waals surface area (Å²) in [6.07, 6.45) is 4.60. The Morgan fingerprint density at radius 1 is 0.953 bits per heavy atom. The molecule has 4 aromatic rings. The van der Waals surface area contributed by atoms with E-state index in [1.807, 2.05) is 88.4 Å². The highest BCUT2D eigenvalue weighted by Gasteiger charge is 2.21. The Kier molecular flexibility index (Phi) is 11.0. The van der Waals surface area contributed by atoms with Crippen LogP contribution in [0.1, 0.15) is 62.2 Å². The molecule has 10 nitrogen and oxygen atoms in total. The van der Waals surface area contributed by atoms with Gasteiger partial charge in [-0.25, -0.2) is 24.5 Å². The number of hydrogen-bond acceptors (Lipinski definition) is 9. The van der Waals surface area contributed by atoms with E-state index in [9.17, 15) is 9.59 Å². The average molecular weight is 603 g/mol. The Morgan fingerprint density at radius 3 is 2.53 bits per heavy atom. The van der Waals surface area contributed by atoms with Crippen LogP contribution in [0.5, 0.6) is 0 Å². The van der Waals surface area contributed by atoms with Crippen molar-refractivity contribution in [1.29, 1.82) is 0 Å². The normalized spacial score (nSPS) is 11.8. The van der Waals surface area contributed by atoms with E-state index in [4.69, 9.17) is 14.5 Å². The molecule has 3 N–H and O–H groups in total. The molecule has 0 aliphatic carbocycles. The molecule has 0 aliphatic rings. The van der Waals surface area contributed by atoms with Crippen molar-refractivity contribution in [3.63, 3.8) is 0 Å². The number of anilines is 2. The predicted octanol–water partition coefficient (Wildman–Crippen LogP) is 7.31. The highest BCUT2D eigenvalue weighted by molar-refractivity contribution is 7.15. The minimum Gasteiger partial charge on any atom is -0.445 e. The van der Waals surface area contributed by atoms with Crippen molar-refractivity contribution >= 4 is 35.2 Å². The summed E-state index contributed by atoms with van der Waals surface area (Å²) >= 11 is 1.47. The van der Waals surface area contributed by atoms with Gasteiger partial charge in [-0.05, 0) is 82.3 Å². The molecule has 11 heteroatoms. The lowest BCUT2D eigenvalue weighted by molar-refractivity contribution is 0.0527. The molecule has 1 atom stereocenters. The zero-order valence-electron chi connectivity index (χ0n) is 24.9. The summed E-state index contributed by atoms with van der Waals surface area (Å²) in [5, 5.41) is 9.75. The molecule has 0 spiro atoms. The molecule has 3 aromatic heterocycles. The average Bonchev–Trinajstić information content (AvgIpc) is 3.46. The van der Waals surface area contributed by atoms with Crippen molar-refractivity contribution in [3.05, 3.63) is 89.2 Å². The summed E-state index contributed by atoms with van der Waals surface area (Å²) in [5.74, 6) is 1.39. The van der Waals surface area contributed by atoms with E-state index in [-0.39, 0.29) is 12.6 Å². The number of nitrogens with one attached hydrogen (secondary N) is 3. The molecule has 4 rings (SSSR count). The predicted molar refractivity (Wildman–Crippen MR) is 168 cm³/mol. The lowest BCUT2D eigenvalue weighted by Crippen LogP contribution is -2.33. The summed E-state index contributed by atoms with van der Waals surface area (Å²) in [6.45, 7) is 8.11. The summed E-state index contributed by atoms with van der Waals surface area (Å²) in [6, 6.07) is 18.8. The standard InChI is InChI=1S/C32H38N6O4S/c1-22-16-18-33-28(19-22)38-27-15-10-14-24(36-27)26-20-35-29(43-26)25(13-8-9-17-34-30(39)42-32(2,3)4)37-31(40)41-21-23-11-6-5-7-12-23/h5-7,10-12,14-16,18-20,25H,8-9,13,17,21H2,1-4H3,(H,34,39)(H,37,40)(H,33,36,38)/t25-/m0/s1. The number of benzene rings is 1. The van der Waals surface area contributed by atoms with Gasteiger partial charge in [0, 0.05) is 18.9 Å². The van der Waals surface area contributed by atoms with E-state index in [1.54, 1.807) is 12.4 Å². The Balaban J connectivity index is 1.41. The van der Waals surface area contributed by atoms with Crippen LogP contribution in [0.4, 0.5) is 21.2 Å². The van der Waals surface area contributed by atoms with Gasteiger partial charge in [0.15, 0.2) is 0 Å². The molecule has 0 radical (unpaired) electrons. The lowest BCUT2D eigenvalue weighted by atomic mass is 10.1. The quantitative estimate of drug-likeness (QED) is 0.144. The smallest absolute Gasteiger partial charge is 0.408 e. The van der Waals surface area contributed by atoms with Crippen LogP contribution in [-0.4, -0.2) is 39.3 Å². The van der Waals surface area contributed by atoms with Gasteiger partial charge in [0.1, 0.15) is 28.9 Å². The van der Waals surface area contributed by atoms with Crippen molar-refractivity contribution in [1.82, 2.24) is 25.6 Å². The van der Waals surface area contributed by atoms with Gasteiger partial charge < -0.3 is 25.4 Å². The number of unbranched alkanes of at least 4 members (excludes halogenated alkanes) is 1. The SMILES string of the molecule is Cc1ccnc(Nc2cccc(-c3cnc([C@H](CCCCNC(=O)OC(C)(C)C)NC(=O)OCc4ccccc4)s3)n2)c1. The minimum absolute atomic E-state index is 0.168. The molecule has 226 valence electrons. The third-order valence-corrected chi connectivity index (χ3v) is 7.22. The van der Waals surface area contributed by atoms with Crippen LogP contribution < -0.4 is 16.0 Å². The third-order valence-electron chi connectivity index (χ3n) is 6.09. The maximum Gasteiger partial charge on any atom is 0.408 e. The summed E-state index contributed by atoms with van der Waals surface area (Å²) < 4.78 is 10.8. The minimum atomic E-state index is -0.552.